The van der Waals surface area contributed by atoms with Gasteiger partial charge in [0.2, 0.25) is 11.8 Å². The summed E-state index contributed by atoms with van der Waals surface area (Å²) in [4.78, 5) is 16.0. The zero-order valence-electron chi connectivity index (χ0n) is 13.8. The summed E-state index contributed by atoms with van der Waals surface area (Å²) in [6.45, 7) is 4.39. The van der Waals surface area contributed by atoms with E-state index < -0.39 is 6.04 Å². The molecular formula is C18H22FN3O2. The number of rotatable bonds is 7. The molecule has 2 rings (SSSR count). The number of halogens is 1. The molecule has 1 aromatic carbocycles. The summed E-state index contributed by atoms with van der Waals surface area (Å²) in [5, 5.41) is 2.79. The van der Waals surface area contributed by atoms with Crippen LogP contribution in [0.15, 0.2) is 42.6 Å². The van der Waals surface area contributed by atoms with Crippen molar-refractivity contribution < 1.29 is 13.9 Å². The number of pyridine rings is 1. The molecule has 1 heterocycles. The van der Waals surface area contributed by atoms with Crippen LogP contribution in [0.4, 0.5) is 4.39 Å². The van der Waals surface area contributed by atoms with E-state index in [1.807, 2.05) is 13.8 Å². The molecule has 24 heavy (non-hydrogen) atoms. The van der Waals surface area contributed by atoms with E-state index in [0.717, 1.165) is 5.56 Å². The maximum Gasteiger partial charge on any atom is 0.237 e. The van der Waals surface area contributed by atoms with Gasteiger partial charge in [-0.05, 0) is 30.0 Å². The first-order valence-electron chi connectivity index (χ1n) is 7.85. The first-order chi connectivity index (χ1) is 11.4. The van der Waals surface area contributed by atoms with Crippen LogP contribution in [0, 0.1) is 11.7 Å². The number of ether oxygens (including phenoxy) is 1. The minimum absolute atomic E-state index is 0.177. The van der Waals surface area contributed by atoms with E-state index in [-0.39, 0.29) is 11.7 Å². The highest BCUT2D eigenvalue weighted by atomic mass is 19.1. The number of amides is 1. The lowest BCUT2D eigenvalue weighted by Gasteiger charge is -2.14. The third-order valence-corrected chi connectivity index (χ3v) is 3.34. The van der Waals surface area contributed by atoms with Crippen molar-refractivity contribution in [2.45, 2.75) is 32.9 Å². The van der Waals surface area contributed by atoms with Crippen LogP contribution in [0.3, 0.4) is 0 Å². The molecule has 0 saturated carbocycles. The van der Waals surface area contributed by atoms with Gasteiger partial charge in [0.05, 0.1) is 6.04 Å². The summed E-state index contributed by atoms with van der Waals surface area (Å²) >= 11 is 0. The van der Waals surface area contributed by atoms with Crippen LogP contribution in [0.25, 0.3) is 0 Å². The topological polar surface area (TPSA) is 77.2 Å². The SMILES string of the molecule is CC(C)C[C@H](N)C(=O)NCc1ccc(Oc2cccc(F)c2)nc1. The lowest BCUT2D eigenvalue weighted by atomic mass is 10.0. The normalized spacial score (nSPS) is 12.0. The fourth-order valence-corrected chi connectivity index (χ4v) is 2.16. The third-order valence-electron chi connectivity index (χ3n) is 3.34. The summed E-state index contributed by atoms with van der Waals surface area (Å²) in [5.41, 5.74) is 6.65. The summed E-state index contributed by atoms with van der Waals surface area (Å²) in [5.74, 6) is 0.551. The van der Waals surface area contributed by atoms with Gasteiger partial charge in [-0.3, -0.25) is 4.79 Å². The average Bonchev–Trinajstić information content (AvgIpc) is 2.53. The van der Waals surface area contributed by atoms with Crippen LogP contribution >= 0.6 is 0 Å². The van der Waals surface area contributed by atoms with Gasteiger partial charge in [-0.15, -0.1) is 0 Å². The smallest absolute Gasteiger partial charge is 0.237 e. The van der Waals surface area contributed by atoms with Gasteiger partial charge >= 0.3 is 0 Å². The predicted molar refractivity (Wildman–Crippen MR) is 90.0 cm³/mol. The molecular weight excluding hydrogens is 309 g/mol. The van der Waals surface area contributed by atoms with Crippen molar-refractivity contribution in [3.05, 3.63) is 54.0 Å². The quantitative estimate of drug-likeness (QED) is 0.817. The molecule has 1 amide bonds. The molecule has 0 aliphatic rings. The zero-order chi connectivity index (χ0) is 17.5. The van der Waals surface area contributed by atoms with Gasteiger partial charge in [-0.1, -0.05) is 26.0 Å². The summed E-state index contributed by atoms with van der Waals surface area (Å²) in [7, 11) is 0. The number of nitrogens with zero attached hydrogens (tertiary/aromatic N) is 1. The highest BCUT2D eigenvalue weighted by Crippen LogP contribution is 2.19. The zero-order valence-corrected chi connectivity index (χ0v) is 13.8. The lowest BCUT2D eigenvalue weighted by molar-refractivity contribution is -0.122. The number of nitrogens with one attached hydrogen (secondary N) is 1. The maximum absolute atomic E-state index is 13.1. The Morgan fingerprint density at radius 2 is 2.12 bits per heavy atom. The van der Waals surface area contributed by atoms with E-state index in [9.17, 15) is 9.18 Å². The molecule has 5 nitrogen and oxygen atoms in total. The predicted octanol–water partition coefficient (Wildman–Crippen LogP) is 3.00. The van der Waals surface area contributed by atoms with Gasteiger partial charge in [0.1, 0.15) is 11.6 Å². The number of carbonyl (C=O) groups excluding carboxylic acids is 1. The number of hydrogen-bond acceptors (Lipinski definition) is 4. The molecule has 0 fully saturated rings. The molecule has 0 bridgehead atoms. The molecule has 1 atom stereocenters. The van der Waals surface area contributed by atoms with E-state index in [1.165, 1.54) is 12.1 Å². The number of aromatic nitrogens is 1. The average molecular weight is 331 g/mol. The molecule has 2 aromatic rings. The van der Waals surface area contributed by atoms with Gasteiger partial charge in [-0.25, -0.2) is 9.37 Å². The second kappa shape index (κ2) is 8.40. The van der Waals surface area contributed by atoms with Crippen LogP contribution in [0.2, 0.25) is 0 Å². The van der Waals surface area contributed by atoms with Gasteiger partial charge in [0.25, 0.3) is 0 Å². The first-order valence-corrected chi connectivity index (χ1v) is 7.85. The van der Waals surface area contributed by atoms with E-state index in [2.05, 4.69) is 10.3 Å². The van der Waals surface area contributed by atoms with Crippen molar-refractivity contribution in [1.29, 1.82) is 0 Å². The van der Waals surface area contributed by atoms with Gasteiger partial charge in [-0.2, -0.15) is 0 Å². The lowest BCUT2D eigenvalue weighted by Crippen LogP contribution is -2.41. The van der Waals surface area contributed by atoms with Crippen molar-refractivity contribution >= 4 is 5.91 Å². The van der Waals surface area contributed by atoms with Crippen molar-refractivity contribution in [2.75, 3.05) is 0 Å². The van der Waals surface area contributed by atoms with Crippen LogP contribution in [-0.4, -0.2) is 16.9 Å². The van der Waals surface area contributed by atoms with E-state index in [1.54, 1.807) is 30.5 Å². The summed E-state index contributed by atoms with van der Waals surface area (Å²) in [6.07, 6.45) is 2.24. The van der Waals surface area contributed by atoms with Crippen LogP contribution in [0.5, 0.6) is 11.6 Å². The minimum Gasteiger partial charge on any atom is -0.439 e. The van der Waals surface area contributed by atoms with Crippen molar-refractivity contribution in [3.8, 4) is 11.6 Å². The Morgan fingerprint density at radius 1 is 1.33 bits per heavy atom. The monoisotopic (exact) mass is 331 g/mol. The number of nitrogens with two attached hydrogens (primary N) is 1. The Hall–Kier alpha value is -2.47. The van der Waals surface area contributed by atoms with Gasteiger partial charge in [0, 0.05) is 24.9 Å². The largest absolute Gasteiger partial charge is 0.439 e. The Morgan fingerprint density at radius 3 is 2.75 bits per heavy atom. The van der Waals surface area contributed by atoms with Crippen LogP contribution in [-0.2, 0) is 11.3 Å². The molecule has 3 N–H and O–H groups in total. The van der Waals surface area contributed by atoms with Crippen molar-refractivity contribution in [3.63, 3.8) is 0 Å². The maximum atomic E-state index is 13.1. The minimum atomic E-state index is -0.506. The Kier molecular flexibility index (Phi) is 6.26. The summed E-state index contributed by atoms with van der Waals surface area (Å²) < 4.78 is 18.6. The molecule has 1 aromatic heterocycles. The number of hydrogen-bond donors (Lipinski definition) is 2. The third kappa shape index (κ3) is 5.62. The van der Waals surface area contributed by atoms with E-state index >= 15 is 0 Å². The second-order valence-electron chi connectivity index (χ2n) is 6.02. The molecule has 0 unspecified atom stereocenters. The van der Waals surface area contributed by atoms with Crippen molar-refractivity contribution in [2.24, 2.45) is 11.7 Å². The second-order valence-corrected chi connectivity index (χ2v) is 6.02. The van der Waals surface area contributed by atoms with Crippen molar-refractivity contribution in [1.82, 2.24) is 10.3 Å². The van der Waals surface area contributed by atoms with Crippen LogP contribution in [0.1, 0.15) is 25.8 Å². The standard InChI is InChI=1S/C18H22FN3O2/c1-12(2)8-16(20)18(23)22-11-13-6-7-17(21-10-13)24-15-5-3-4-14(19)9-15/h3-7,9-10,12,16H,8,11,20H2,1-2H3,(H,22,23)/t16-/m0/s1. The van der Waals surface area contributed by atoms with E-state index in [0.29, 0.717) is 30.5 Å². The molecule has 0 radical (unpaired) electrons. The molecule has 0 aliphatic carbocycles. The Balaban J connectivity index is 1.87. The highest BCUT2D eigenvalue weighted by molar-refractivity contribution is 5.81. The molecule has 0 saturated heterocycles. The number of benzene rings is 1. The molecule has 128 valence electrons. The van der Waals surface area contributed by atoms with Crippen LogP contribution < -0.4 is 15.8 Å². The fraction of sp³-hybridized carbons (Fsp3) is 0.333. The Labute approximate surface area is 141 Å². The van der Waals surface area contributed by atoms with Gasteiger partial charge < -0.3 is 15.8 Å². The Bertz CT molecular complexity index is 674. The molecule has 0 spiro atoms. The highest BCUT2D eigenvalue weighted by Gasteiger charge is 2.14. The summed E-state index contributed by atoms with van der Waals surface area (Å²) in [6, 6.07) is 8.79. The number of carbonyl (C=O) groups is 1. The first kappa shape index (κ1) is 17.9. The molecule has 6 heteroatoms. The molecule has 0 aliphatic heterocycles. The van der Waals surface area contributed by atoms with E-state index in [4.69, 9.17) is 10.5 Å². The fourth-order valence-electron chi connectivity index (χ4n) is 2.16. The van der Waals surface area contributed by atoms with Gasteiger partial charge in [0.15, 0.2) is 0 Å².